The second-order valence-electron chi connectivity index (χ2n) is 4.27. The van der Waals surface area contributed by atoms with Crippen molar-refractivity contribution in [2.75, 3.05) is 13.1 Å². The van der Waals surface area contributed by atoms with Crippen LogP contribution in [-0.4, -0.2) is 23.9 Å². The highest BCUT2D eigenvalue weighted by molar-refractivity contribution is 6.30. The summed E-state index contributed by atoms with van der Waals surface area (Å²) in [6.07, 6.45) is 6.94. The van der Waals surface area contributed by atoms with Crippen LogP contribution in [0.25, 0.3) is 6.08 Å². The molecule has 1 aromatic carbocycles. The molecule has 1 aromatic rings. The molecule has 1 fully saturated rings. The standard InChI is InChI=1S/C14H16ClNO/c15-13-6-4-5-12(11-13)7-8-14(17)16-9-2-1-3-10-16/h4-8,11H,1-3,9-10H2/b8-7+. The molecule has 0 unspecified atom stereocenters. The average molecular weight is 250 g/mol. The Bertz CT molecular complexity index is 422. The number of rotatable bonds is 2. The molecule has 0 bridgehead atoms. The molecule has 0 saturated carbocycles. The maximum absolute atomic E-state index is 11.9. The molecular formula is C14H16ClNO. The minimum Gasteiger partial charge on any atom is -0.339 e. The lowest BCUT2D eigenvalue weighted by atomic mass is 10.1. The van der Waals surface area contributed by atoms with Gasteiger partial charge in [0.15, 0.2) is 0 Å². The summed E-state index contributed by atoms with van der Waals surface area (Å²) in [4.78, 5) is 13.8. The van der Waals surface area contributed by atoms with Gasteiger partial charge in [-0.3, -0.25) is 4.79 Å². The summed E-state index contributed by atoms with van der Waals surface area (Å²) in [6.45, 7) is 1.78. The van der Waals surface area contributed by atoms with Crippen LogP contribution in [0.2, 0.25) is 5.02 Å². The Balaban J connectivity index is 1.97. The van der Waals surface area contributed by atoms with Gasteiger partial charge in [-0.2, -0.15) is 0 Å². The van der Waals surface area contributed by atoms with Crippen LogP contribution in [0.15, 0.2) is 30.3 Å². The maximum atomic E-state index is 11.9. The van der Waals surface area contributed by atoms with Crippen LogP contribution < -0.4 is 0 Å². The van der Waals surface area contributed by atoms with Crippen molar-refractivity contribution in [2.24, 2.45) is 0 Å². The molecule has 2 nitrogen and oxygen atoms in total. The van der Waals surface area contributed by atoms with Gasteiger partial charge in [-0.05, 0) is 43.0 Å². The molecule has 1 saturated heterocycles. The van der Waals surface area contributed by atoms with Gasteiger partial charge in [-0.25, -0.2) is 0 Å². The zero-order valence-electron chi connectivity index (χ0n) is 9.73. The first-order valence-electron chi connectivity index (χ1n) is 5.98. The number of carbonyl (C=O) groups is 1. The lowest BCUT2D eigenvalue weighted by molar-refractivity contribution is -0.126. The van der Waals surface area contributed by atoms with Crippen LogP contribution in [0.4, 0.5) is 0 Å². The van der Waals surface area contributed by atoms with Gasteiger partial charge in [0.05, 0.1) is 0 Å². The highest BCUT2D eigenvalue weighted by Crippen LogP contribution is 2.13. The fraction of sp³-hybridized carbons (Fsp3) is 0.357. The Kier molecular flexibility index (Phi) is 4.21. The normalized spacial score (nSPS) is 16.4. The van der Waals surface area contributed by atoms with Gasteiger partial charge >= 0.3 is 0 Å². The first kappa shape index (κ1) is 12.2. The molecule has 1 aliphatic rings. The van der Waals surface area contributed by atoms with E-state index in [1.165, 1.54) is 6.42 Å². The van der Waals surface area contributed by atoms with Gasteiger partial charge in [0, 0.05) is 24.2 Å². The monoisotopic (exact) mass is 249 g/mol. The van der Waals surface area contributed by atoms with Gasteiger partial charge in [-0.15, -0.1) is 0 Å². The second-order valence-corrected chi connectivity index (χ2v) is 4.71. The van der Waals surface area contributed by atoms with Gasteiger partial charge in [-0.1, -0.05) is 23.7 Å². The predicted octanol–water partition coefficient (Wildman–Crippen LogP) is 3.37. The summed E-state index contributed by atoms with van der Waals surface area (Å²) >= 11 is 5.88. The molecule has 0 aromatic heterocycles. The molecule has 17 heavy (non-hydrogen) atoms. The van der Waals surface area contributed by atoms with Crippen LogP contribution in [0.3, 0.4) is 0 Å². The van der Waals surface area contributed by atoms with E-state index in [9.17, 15) is 4.79 Å². The molecule has 0 spiro atoms. The largest absolute Gasteiger partial charge is 0.339 e. The van der Waals surface area contributed by atoms with Crippen LogP contribution >= 0.6 is 11.6 Å². The highest BCUT2D eigenvalue weighted by atomic mass is 35.5. The average Bonchev–Trinajstić information content (AvgIpc) is 2.37. The number of hydrogen-bond donors (Lipinski definition) is 0. The van der Waals surface area contributed by atoms with Gasteiger partial charge in [0.25, 0.3) is 0 Å². The Labute approximate surface area is 107 Å². The molecular weight excluding hydrogens is 234 g/mol. The summed E-state index contributed by atoms with van der Waals surface area (Å²) in [7, 11) is 0. The summed E-state index contributed by atoms with van der Waals surface area (Å²) in [6, 6.07) is 7.49. The van der Waals surface area contributed by atoms with Crippen LogP contribution in [0.5, 0.6) is 0 Å². The summed E-state index contributed by atoms with van der Waals surface area (Å²) in [5.74, 6) is 0.102. The van der Waals surface area contributed by atoms with Crippen molar-refractivity contribution in [1.82, 2.24) is 4.90 Å². The quantitative estimate of drug-likeness (QED) is 0.736. The molecule has 3 heteroatoms. The van der Waals surface area contributed by atoms with Crippen LogP contribution in [0, 0.1) is 0 Å². The number of benzene rings is 1. The van der Waals surface area contributed by atoms with Gasteiger partial charge in [0.2, 0.25) is 5.91 Å². The van der Waals surface area contributed by atoms with E-state index >= 15 is 0 Å². The van der Waals surface area contributed by atoms with Crippen molar-refractivity contribution in [1.29, 1.82) is 0 Å². The number of amides is 1. The third-order valence-electron chi connectivity index (χ3n) is 2.93. The predicted molar refractivity (Wildman–Crippen MR) is 70.9 cm³/mol. The molecule has 2 rings (SSSR count). The molecule has 1 aliphatic heterocycles. The second kappa shape index (κ2) is 5.87. The molecule has 0 atom stereocenters. The molecule has 1 heterocycles. The fourth-order valence-corrected chi connectivity index (χ4v) is 2.20. The van der Waals surface area contributed by atoms with E-state index in [0.29, 0.717) is 5.02 Å². The molecule has 0 radical (unpaired) electrons. The van der Waals surface area contributed by atoms with Gasteiger partial charge < -0.3 is 4.90 Å². The van der Waals surface area contributed by atoms with Crippen molar-refractivity contribution >= 4 is 23.6 Å². The fourth-order valence-electron chi connectivity index (χ4n) is 2.00. The van der Waals surface area contributed by atoms with Crippen molar-refractivity contribution < 1.29 is 4.79 Å². The molecule has 1 amide bonds. The van der Waals surface area contributed by atoms with Crippen molar-refractivity contribution in [3.05, 3.63) is 40.9 Å². The van der Waals surface area contributed by atoms with Crippen molar-refractivity contribution in [2.45, 2.75) is 19.3 Å². The Hall–Kier alpha value is -1.28. The van der Waals surface area contributed by atoms with E-state index in [0.717, 1.165) is 31.5 Å². The third-order valence-corrected chi connectivity index (χ3v) is 3.17. The zero-order valence-corrected chi connectivity index (χ0v) is 10.5. The smallest absolute Gasteiger partial charge is 0.246 e. The van der Waals surface area contributed by atoms with Crippen molar-refractivity contribution in [3.63, 3.8) is 0 Å². The summed E-state index contributed by atoms with van der Waals surface area (Å²) in [5, 5.41) is 0.692. The number of carbonyl (C=O) groups excluding carboxylic acids is 1. The first-order valence-corrected chi connectivity index (χ1v) is 6.36. The van der Waals surface area contributed by atoms with E-state index in [1.54, 1.807) is 6.08 Å². The maximum Gasteiger partial charge on any atom is 0.246 e. The lowest BCUT2D eigenvalue weighted by Crippen LogP contribution is -2.34. The van der Waals surface area contributed by atoms with E-state index in [4.69, 9.17) is 11.6 Å². The first-order chi connectivity index (χ1) is 8.25. The lowest BCUT2D eigenvalue weighted by Gasteiger charge is -2.25. The summed E-state index contributed by atoms with van der Waals surface area (Å²) < 4.78 is 0. The topological polar surface area (TPSA) is 20.3 Å². The van der Waals surface area contributed by atoms with Crippen LogP contribution in [0.1, 0.15) is 24.8 Å². The number of halogens is 1. The Morgan fingerprint density at radius 3 is 2.71 bits per heavy atom. The number of hydrogen-bond acceptors (Lipinski definition) is 1. The SMILES string of the molecule is O=C(/C=C/c1cccc(Cl)c1)N1CCCCC1. The minimum atomic E-state index is 0.102. The summed E-state index contributed by atoms with van der Waals surface area (Å²) in [5.41, 5.74) is 0.961. The van der Waals surface area contributed by atoms with E-state index < -0.39 is 0 Å². The third kappa shape index (κ3) is 3.60. The Morgan fingerprint density at radius 2 is 2.00 bits per heavy atom. The van der Waals surface area contributed by atoms with Crippen LogP contribution in [-0.2, 0) is 4.79 Å². The number of piperidine rings is 1. The zero-order chi connectivity index (χ0) is 12.1. The van der Waals surface area contributed by atoms with E-state index in [2.05, 4.69) is 0 Å². The number of nitrogens with zero attached hydrogens (tertiary/aromatic N) is 1. The molecule has 90 valence electrons. The molecule has 0 aliphatic carbocycles. The van der Waals surface area contributed by atoms with Gasteiger partial charge in [0.1, 0.15) is 0 Å². The number of likely N-dealkylation sites (tertiary alicyclic amines) is 1. The highest BCUT2D eigenvalue weighted by Gasteiger charge is 2.13. The van der Waals surface area contributed by atoms with E-state index in [1.807, 2.05) is 35.2 Å². The van der Waals surface area contributed by atoms with E-state index in [-0.39, 0.29) is 5.91 Å². The Morgan fingerprint density at radius 1 is 1.24 bits per heavy atom. The molecule has 0 N–H and O–H groups in total. The minimum absolute atomic E-state index is 0.102. The van der Waals surface area contributed by atoms with Crippen molar-refractivity contribution in [3.8, 4) is 0 Å².